The monoisotopic (exact) mass is 398 g/mol. The highest BCUT2D eigenvalue weighted by Crippen LogP contribution is 2.50. The lowest BCUT2D eigenvalue weighted by Crippen LogP contribution is -2.38. The van der Waals surface area contributed by atoms with E-state index in [9.17, 15) is 0 Å². The van der Waals surface area contributed by atoms with Gasteiger partial charge in [0.05, 0.1) is 5.41 Å². The second-order valence-electron chi connectivity index (χ2n) is 8.17. The van der Waals surface area contributed by atoms with Crippen LogP contribution < -0.4 is 0 Å². The van der Waals surface area contributed by atoms with Crippen LogP contribution in [0, 0.1) is 5.92 Å². The van der Waals surface area contributed by atoms with E-state index in [4.69, 9.17) is 0 Å². The van der Waals surface area contributed by atoms with Crippen LogP contribution in [0.3, 0.4) is 0 Å². The van der Waals surface area contributed by atoms with Crippen molar-refractivity contribution in [1.29, 1.82) is 0 Å². The smallest absolute Gasteiger partial charge is 0.0551 e. The topological polar surface area (TPSA) is 0 Å². The molecule has 1 atom stereocenters. The summed E-state index contributed by atoms with van der Waals surface area (Å²) in [5.41, 5.74) is 6.47. The molecule has 5 rings (SSSR count). The number of hydrogen-bond donors (Lipinski definition) is 0. The molecule has 0 amide bonds. The Morgan fingerprint density at radius 1 is 0.516 bits per heavy atom. The van der Waals surface area contributed by atoms with Crippen LogP contribution in [0.1, 0.15) is 22.3 Å². The van der Waals surface area contributed by atoms with E-state index >= 15 is 0 Å². The molecule has 1 aliphatic carbocycles. The van der Waals surface area contributed by atoms with Crippen molar-refractivity contribution < 1.29 is 0 Å². The summed E-state index contributed by atoms with van der Waals surface area (Å²) in [6.45, 7) is 0. The van der Waals surface area contributed by atoms with Crippen molar-refractivity contribution in [3.05, 3.63) is 167 Å². The fourth-order valence-electron chi connectivity index (χ4n) is 5.08. The Labute approximate surface area is 185 Å². The van der Waals surface area contributed by atoms with Crippen molar-refractivity contribution in [2.45, 2.75) is 11.8 Å². The van der Waals surface area contributed by atoms with E-state index in [2.05, 4.69) is 140 Å². The van der Waals surface area contributed by atoms with E-state index < -0.39 is 0 Å². The van der Waals surface area contributed by atoms with Crippen LogP contribution in [-0.4, -0.2) is 0 Å². The third kappa shape index (κ3) is 3.55. The third-order valence-corrected chi connectivity index (χ3v) is 6.42. The first-order chi connectivity index (χ1) is 15.4. The molecule has 0 heterocycles. The maximum absolute atomic E-state index is 2.39. The maximum atomic E-state index is 2.39. The molecule has 0 spiro atoms. The fraction of sp³-hybridized carbons (Fsp3) is 0.0968. The van der Waals surface area contributed by atoms with Crippen LogP contribution in [0.15, 0.2) is 145 Å². The van der Waals surface area contributed by atoms with Gasteiger partial charge >= 0.3 is 0 Å². The van der Waals surface area contributed by atoms with Gasteiger partial charge in [0.2, 0.25) is 0 Å². The lowest BCUT2D eigenvalue weighted by molar-refractivity contribution is 0.500. The predicted molar refractivity (Wildman–Crippen MR) is 130 cm³/mol. The second-order valence-corrected chi connectivity index (χ2v) is 8.17. The van der Waals surface area contributed by atoms with E-state index in [1.165, 1.54) is 27.8 Å². The second kappa shape index (κ2) is 8.62. The highest BCUT2D eigenvalue weighted by atomic mass is 14.5. The van der Waals surface area contributed by atoms with Crippen molar-refractivity contribution in [3.8, 4) is 0 Å². The Morgan fingerprint density at radius 3 is 1.39 bits per heavy atom. The summed E-state index contributed by atoms with van der Waals surface area (Å²) >= 11 is 0. The van der Waals surface area contributed by atoms with Crippen LogP contribution in [0.2, 0.25) is 0 Å². The summed E-state index contributed by atoms with van der Waals surface area (Å²) in [5, 5.41) is 0. The lowest BCUT2D eigenvalue weighted by Gasteiger charge is -2.42. The van der Waals surface area contributed by atoms with Crippen LogP contribution in [0.5, 0.6) is 0 Å². The van der Waals surface area contributed by atoms with Gasteiger partial charge in [-0.05, 0) is 28.7 Å². The molecule has 0 aliphatic heterocycles. The Hall–Kier alpha value is -3.64. The number of benzene rings is 4. The van der Waals surface area contributed by atoms with Gasteiger partial charge in [-0.25, -0.2) is 0 Å². The Bertz CT molecular complexity index is 1070. The van der Waals surface area contributed by atoms with Gasteiger partial charge < -0.3 is 0 Å². The van der Waals surface area contributed by atoms with Gasteiger partial charge in [-0.2, -0.15) is 0 Å². The van der Waals surface area contributed by atoms with E-state index in [0.29, 0.717) is 0 Å². The quantitative estimate of drug-likeness (QED) is 0.297. The summed E-state index contributed by atoms with van der Waals surface area (Å²) in [6, 6.07) is 43.8. The van der Waals surface area contributed by atoms with Gasteiger partial charge in [-0.15, -0.1) is 0 Å². The molecule has 0 heteroatoms. The molecule has 4 aromatic carbocycles. The average molecular weight is 399 g/mol. The minimum absolute atomic E-state index is 0.236. The SMILES string of the molecule is C1=CC(C(c2ccccc2)(c2ccccc2)c2ccccc2)C(Cc2ccccc2)=C1. The molecule has 150 valence electrons. The number of hydrogen-bond acceptors (Lipinski definition) is 0. The van der Waals surface area contributed by atoms with Gasteiger partial charge in [0.1, 0.15) is 0 Å². The minimum Gasteiger partial charge on any atom is -0.0758 e. The highest BCUT2D eigenvalue weighted by Gasteiger charge is 2.44. The molecule has 0 nitrogen and oxygen atoms in total. The van der Waals surface area contributed by atoms with Crippen molar-refractivity contribution in [1.82, 2.24) is 0 Å². The van der Waals surface area contributed by atoms with Crippen molar-refractivity contribution in [2.75, 3.05) is 0 Å². The number of allylic oxidation sites excluding steroid dienone is 4. The summed E-state index contributed by atoms with van der Waals surface area (Å²) in [6.07, 6.45) is 7.91. The average Bonchev–Trinajstić information content (AvgIpc) is 3.31. The lowest BCUT2D eigenvalue weighted by atomic mass is 9.60. The van der Waals surface area contributed by atoms with Gasteiger partial charge in [-0.3, -0.25) is 0 Å². The summed E-state index contributed by atoms with van der Waals surface area (Å²) in [7, 11) is 0. The highest BCUT2D eigenvalue weighted by molar-refractivity contribution is 5.56. The zero-order chi connectivity index (χ0) is 20.9. The van der Waals surface area contributed by atoms with E-state index in [1.807, 2.05) is 0 Å². The van der Waals surface area contributed by atoms with Gasteiger partial charge in [0.25, 0.3) is 0 Å². The molecule has 0 saturated carbocycles. The van der Waals surface area contributed by atoms with E-state index in [1.54, 1.807) is 0 Å². The first-order valence-electron chi connectivity index (χ1n) is 11.0. The van der Waals surface area contributed by atoms with Crippen molar-refractivity contribution in [2.24, 2.45) is 5.92 Å². The molecular weight excluding hydrogens is 372 g/mol. The van der Waals surface area contributed by atoms with Gasteiger partial charge in [0.15, 0.2) is 0 Å². The first kappa shape index (κ1) is 19.3. The molecule has 0 aromatic heterocycles. The van der Waals surface area contributed by atoms with Gasteiger partial charge in [0, 0.05) is 5.92 Å². The van der Waals surface area contributed by atoms with Gasteiger partial charge in [-0.1, -0.05) is 145 Å². The van der Waals surface area contributed by atoms with E-state index in [-0.39, 0.29) is 11.3 Å². The molecule has 31 heavy (non-hydrogen) atoms. The van der Waals surface area contributed by atoms with Crippen LogP contribution >= 0.6 is 0 Å². The molecule has 0 N–H and O–H groups in total. The standard InChI is InChI=1S/C31H26/c1-5-14-25(15-6-1)24-26-16-13-23-30(26)31(27-17-7-2-8-18-27,28-19-9-3-10-20-28)29-21-11-4-12-22-29/h1-23,30H,24H2. The summed E-state index contributed by atoms with van der Waals surface area (Å²) in [4.78, 5) is 0. The fourth-order valence-corrected chi connectivity index (χ4v) is 5.08. The molecule has 0 saturated heterocycles. The molecule has 1 unspecified atom stereocenters. The van der Waals surface area contributed by atoms with Crippen molar-refractivity contribution >= 4 is 0 Å². The Morgan fingerprint density at radius 2 is 0.935 bits per heavy atom. The van der Waals surface area contributed by atoms with Crippen molar-refractivity contribution in [3.63, 3.8) is 0 Å². The third-order valence-electron chi connectivity index (χ3n) is 6.42. The van der Waals surface area contributed by atoms with Crippen LogP contribution in [-0.2, 0) is 11.8 Å². The Balaban J connectivity index is 1.74. The van der Waals surface area contributed by atoms with Crippen LogP contribution in [0.25, 0.3) is 0 Å². The number of rotatable bonds is 6. The minimum atomic E-state index is -0.294. The molecule has 0 bridgehead atoms. The first-order valence-corrected chi connectivity index (χ1v) is 11.0. The normalized spacial score (nSPS) is 15.6. The predicted octanol–water partition coefficient (Wildman–Crippen LogP) is 7.38. The zero-order valence-electron chi connectivity index (χ0n) is 17.6. The molecular formula is C31H26. The molecule has 4 aromatic rings. The maximum Gasteiger partial charge on any atom is 0.0551 e. The summed E-state index contributed by atoms with van der Waals surface area (Å²) < 4.78 is 0. The van der Waals surface area contributed by atoms with E-state index in [0.717, 1.165) is 6.42 Å². The molecule has 0 radical (unpaired) electrons. The van der Waals surface area contributed by atoms with Crippen LogP contribution in [0.4, 0.5) is 0 Å². The summed E-state index contributed by atoms with van der Waals surface area (Å²) in [5.74, 6) is 0.236. The molecule has 0 fully saturated rings. The molecule has 1 aliphatic rings. The Kier molecular flexibility index (Phi) is 5.37. The largest absolute Gasteiger partial charge is 0.0758 e. The zero-order valence-corrected chi connectivity index (χ0v) is 17.6.